The summed E-state index contributed by atoms with van der Waals surface area (Å²) >= 11 is 1.48. The van der Waals surface area contributed by atoms with Crippen molar-refractivity contribution in [1.29, 1.82) is 0 Å². The molecule has 0 aliphatic rings. The monoisotopic (exact) mass is 320 g/mol. The van der Waals surface area contributed by atoms with E-state index in [1.807, 2.05) is 39.0 Å². The Kier molecular flexibility index (Phi) is 5.40. The van der Waals surface area contributed by atoms with Crippen molar-refractivity contribution in [3.05, 3.63) is 18.2 Å². The molecule has 2 aromatic rings. The summed E-state index contributed by atoms with van der Waals surface area (Å²) in [5, 5.41) is 3.54. The Labute approximate surface area is 135 Å². The van der Waals surface area contributed by atoms with Gasteiger partial charge in [-0.25, -0.2) is 4.98 Å². The zero-order chi connectivity index (χ0) is 16.2. The standard InChI is InChI=1S/C17H24N2O2S/c1-5-6-9-21-12-7-8-13-14(10-12)22-16(18-13)19-15(20)11-17(2,3)4/h7-8,10H,5-6,9,11H2,1-4H3,(H,18,19,20). The first kappa shape index (κ1) is 16.7. The Morgan fingerprint density at radius 3 is 2.82 bits per heavy atom. The Morgan fingerprint density at radius 1 is 1.36 bits per heavy atom. The van der Waals surface area contributed by atoms with Gasteiger partial charge in [0.05, 0.1) is 16.8 Å². The summed E-state index contributed by atoms with van der Waals surface area (Å²) in [5.74, 6) is 0.864. The number of rotatable bonds is 6. The molecule has 1 aromatic carbocycles. The molecule has 0 fully saturated rings. The third kappa shape index (κ3) is 4.98. The van der Waals surface area contributed by atoms with E-state index in [4.69, 9.17) is 4.74 Å². The quantitative estimate of drug-likeness (QED) is 0.774. The second-order valence-corrected chi connectivity index (χ2v) is 7.67. The minimum atomic E-state index is -0.0267. The number of nitrogens with zero attached hydrogens (tertiary/aromatic N) is 1. The molecule has 2 rings (SSSR count). The zero-order valence-corrected chi connectivity index (χ0v) is 14.5. The first-order valence-electron chi connectivity index (χ1n) is 7.70. The van der Waals surface area contributed by atoms with Gasteiger partial charge in [-0.3, -0.25) is 4.79 Å². The van der Waals surface area contributed by atoms with E-state index in [0.29, 0.717) is 11.6 Å². The lowest BCUT2D eigenvalue weighted by molar-refractivity contribution is -0.117. The molecular weight excluding hydrogens is 296 g/mol. The molecule has 0 bridgehead atoms. The van der Waals surface area contributed by atoms with Gasteiger partial charge < -0.3 is 10.1 Å². The highest BCUT2D eigenvalue weighted by Crippen LogP contribution is 2.30. The van der Waals surface area contributed by atoms with Crippen molar-refractivity contribution in [2.75, 3.05) is 11.9 Å². The molecule has 0 radical (unpaired) electrons. The van der Waals surface area contributed by atoms with Gasteiger partial charge in [-0.1, -0.05) is 45.5 Å². The summed E-state index contributed by atoms with van der Waals surface area (Å²) in [5.41, 5.74) is 0.861. The predicted octanol–water partition coefficient (Wildman–Crippen LogP) is 4.85. The molecule has 5 heteroatoms. The molecule has 0 unspecified atom stereocenters. The molecule has 0 saturated carbocycles. The van der Waals surface area contributed by atoms with E-state index >= 15 is 0 Å². The van der Waals surface area contributed by atoms with Crippen molar-refractivity contribution in [2.24, 2.45) is 5.41 Å². The van der Waals surface area contributed by atoms with Crippen LogP contribution in [0.15, 0.2) is 18.2 Å². The first-order chi connectivity index (χ1) is 10.4. The summed E-state index contributed by atoms with van der Waals surface area (Å²) in [6, 6.07) is 5.85. The average molecular weight is 320 g/mol. The second kappa shape index (κ2) is 7.09. The Balaban J connectivity index is 2.05. The molecule has 22 heavy (non-hydrogen) atoms. The van der Waals surface area contributed by atoms with E-state index in [2.05, 4.69) is 17.2 Å². The Bertz CT molecular complexity index is 644. The maximum absolute atomic E-state index is 12.0. The van der Waals surface area contributed by atoms with Gasteiger partial charge in [0.2, 0.25) is 5.91 Å². The van der Waals surface area contributed by atoms with Gasteiger partial charge in [-0.2, -0.15) is 0 Å². The van der Waals surface area contributed by atoms with Crippen molar-refractivity contribution in [3.8, 4) is 5.75 Å². The topological polar surface area (TPSA) is 51.2 Å². The van der Waals surface area contributed by atoms with Gasteiger partial charge in [0.1, 0.15) is 5.75 Å². The molecule has 1 aromatic heterocycles. The fourth-order valence-electron chi connectivity index (χ4n) is 2.03. The number of hydrogen-bond acceptors (Lipinski definition) is 4. The van der Waals surface area contributed by atoms with Crippen molar-refractivity contribution in [3.63, 3.8) is 0 Å². The number of amides is 1. The predicted molar refractivity (Wildman–Crippen MR) is 92.7 cm³/mol. The lowest BCUT2D eigenvalue weighted by atomic mass is 9.92. The zero-order valence-electron chi connectivity index (χ0n) is 13.7. The normalized spacial score (nSPS) is 11.6. The van der Waals surface area contributed by atoms with E-state index in [9.17, 15) is 4.79 Å². The van der Waals surface area contributed by atoms with Crippen LogP contribution in [0, 0.1) is 5.41 Å². The third-order valence-corrected chi connectivity index (χ3v) is 4.00. The van der Waals surface area contributed by atoms with Crippen molar-refractivity contribution in [1.82, 2.24) is 4.98 Å². The lowest BCUT2D eigenvalue weighted by Gasteiger charge is -2.16. The molecular formula is C17H24N2O2S. The fourth-order valence-corrected chi connectivity index (χ4v) is 2.94. The van der Waals surface area contributed by atoms with Crippen LogP contribution >= 0.6 is 11.3 Å². The van der Waals surface area contributed by atoms with Gasteiger partial charge in [0, 0.05) is 6.42 Å². The summed E-state index contributed by atoms with van der Waals surface area (Å²) in [4.78, 5) is 16.4. The van der Waals surface area contributed by atoms with Crippen LogP contribution in [-0.4, -0.2) is 17.5 Å². The van der Waals surface area contributed by atoms with E-state index < -0.39 is 0 Å². The minimum absolute atomic E-state index is 0.00553. The third-order valence-electron chi connectivity index (χ3n) is 3.06. The minimum Gasteiger partial charge on any atom is -0.494 e. The van der Waals surface area contributed by atoms with Crippen LogP contribution in [0.4, 0.5) is 5.13 Å². The van der Waals surface area contributed by atoms with Crippen LogP contribution < -0.4 is 10.1 Å². The molecule has 0 aliphatic carbocycles. The van der Waals surface area contributed by atoms with Gasteiger partial charge in [0.15, 0.2) is 5.13 Å². The molecule has 1 amide bonds. The molecule has 0 aliphatic heterocycles. The molecule has 4 nitrogen and oxygen atoms in total. The highest BCUT2D eigenvalue weighted by atomic mass is 32.1. The van der Waals surface area contributed by atoms with Gasteiger partial charge >= 0.3 is 0 Å². The summed E-state index contributed by atoms with van der Waals surface area (Å²) < 4.78 is 6.73. The SMILES string of the molecule is CCCCOc1ccc2nc(NC(=O)CC(C)(C)C)sc2c1. The number of unbranched alkanes of at least 4 members (excludes halogenated alkanes) is 1. The number of anilines is 1. The smallest absolute Gasteiger partial charge is 0.226 e. The molecule has 0 spiro atoms. The van der Waals surface area contributed by atoms with Crippen LogP contribution in [0.1, 0.15) is 47.0 Å². The second-order valence-electron chi connectivity index (χ2n) is 6.64. The van der Waals surface area contributed by atoms with Crippen molar-refractivity contribution in [2.45, 2.75) is 47.0 Å². The fraction of sp³-hybridized carbons (Fsp3) is 0.529. The number of benzene rings is 1. The van der Waals surface area contributed by atoms with E-state index in [1.165, 1.54) is 11.3 Å². The maximum atomic E-state index is 12.0. The number of aromatic nitrogens is 1. The number of carbonyl (C=O) groups excluding carboxylic acids is 1. The van der Waals surface area contributed by atoms with Crippen LogP contribution in [0.2, 0.25) is 0 Å². The van der Waals surface area contributed by atoms with Crippen LogP contribution in [0.25, 0.3) is 10.2 Å². The van der Waals surface area contributed by atoms with Crippen LogP contribution in [-0.2, 0) is 4.79 Å². The van der Waals surface area contributed by atoms with E-state index in [0.717, 1.165) is 35.4 Å². The highest BCUT2D eigenvalue weighted by Gasteiger charge is 2.17. The van der Waals surface area contributed by atoms with Gasteiger partial charge in [-0.05, 0) is 30.0 Å². The Hall–Kier alpha value is -1.62. The van der Waals surface area contributed by atoms with Gasteiger partial charge in [0.25, 0.3) is 0 Å². The van der Waals surface area contributed by atoms with Crippen molar-refractivity contribution < 1.29 is 9.53 Å². The van der Waals surface area contributed by atoms with E-state index in [-0.39, 0.29) is 11.3 Å². The molecule has 1 N–H and O–H groups in total. The average Bonchev–Trinajstić information content (AvgIpc) is 2.77. The summed E-state index contributed by atoms with van der Waals surface area (Å²) in [6.45, 7) is 9.01. The molecule has 120 valence electrons. The molecule has 0 saturated heterocycles. The maximum Gasteiger partial charge on any atom is 0.226 e. The number of hydrogen-bond donors (Lipinski definition) is 1. The number of nitrogens with one attached hydrogen (secondary N) is 1. The number of thiazole rings is 1. The number of fused-ring (bicyclic) bond motifs is 1. The lowest BCUT2D eigenvalue weighted by Crippen LogP contribution is -2.19. The summed E-state index contributed by atoms with van der Waals surface area (Å²) in [6.07, 6.45) is 2.65. The van der Waals surface area contributed by atoms with Crippen LogP contribution in [0.5, 0.6) is 5.75 Å². The molecule has 1 heterocycles. The summed E-state index contributed by atoms with van der Waals surface area (Å²) in [7, 11) is 0. The van der Waals surface area contributed by atoms with Gasteiger partial charge in [-0.15, -0.1) is 0 Å². The van der Waals surface area contributed by atoms with E-state index in [1.54, 1.807) is 0 Å². The molecule has 0 atom stereocenters. The number of ether oxygens (including phenoxy) is 1. The van der Waals surface area contributed by atoms with Crippen molar-refractivity contribution >= 4 is 32.6 Å². The number of carbonyl (C=O) groups is 1. The first-order valence-corrected chi connectivity index (χ1v) is 8.52. The highest BCUT2D eigenvalue weighted by molar-refractivity contribution is 7.22. The largest absolute Gasteiger partial charge is 0.494 e. The Morgan fingerprint density at radius 2 is 2.14 bits per heavy atom. The van der Waals surface area contributed by atoms with Crippen LogP contribution in [0.3, 0.4) is 0 Å².